The van der Waals surface area contributed by atoms with Gasteiger partial charge in [0.05, 0.1) is 19.5 Å². The zero-order valence-corrected chi connectivity index (χ0v) is 14.2. The maximum absolute atomic E-state index is 12.8. The zero-order valence-electron chi connectivity index (χ0n) is 14.2. The van der Waals surface area contributed by atoms with Gasteiger partial charge in [-0.25, -0.2) is 9.18 Å². The highest BCUT2D eigenvalue weighted by Crippen LogP contribution is 2.21. The van der Waals surface area contributed by atoms with Crippen LogP contribution in [0.4, 0.5) is 4.39 Å². The number of carbonyl (C=O) groups is 2. The number of carbonyl (C=O) groups excluding carboxylic acids is 2. The topological polar surface area (TPSA) is 69.0 Å². The van der Waals surface area contributed by atoms with Crippen molar-refractivity contribution in [1.29, 1.82) is 0 Å². The van der Waals surface area contributed by atoms with Crippen LogP contribution in [0.5, 0.6) is 5.75 Å². The Hall–Kier alpha value is -2.83. The van der Waals surface area contributed by atoms with Crippen molar-refractivity contribution >= 4 is 11.9 Å². The van der Waals surface area contributed by atoms with Gasteiger partial charge < -0.3 is 18.8 Å². The molecule has 0 bridgehead atoms. The van der Waals surface area contributed by atoms with E-state index in [4.69, 9.17) is 13.9 Å². The van der Waals surface area contributed by atoms with Crippen LogP contribution >= 0.6 is 0 Å². The van der Waals surface area contributed by atoms with E-state index < -0.39 is 12.0 Å². The Kier molecular flexibility index (Phi) is 5.88. The summed E-state index contributed by atoms with van der Waals surface area (Å²) in [6, 6.07) is 8.36. The minimum absolute atomic E-state index is 0.194. The van der Waals surface area contributed by atoms with Crippen molar-refractivity contribution in [3.63, 3.8) is 0 Å². The summed E-state index contributed by atoms with van der Waals surface area (Å²) in [5, 5.41) is 0. The molecular weight excluding hydrogens is 341 g/mol. The lowest BCUT2D eigenvalue weighted by Crippen LogP contribution is -2.41. The van der Waals surface area contributed by atoms with Crippen LogP contribution in [0.1, 0.15) is 29.8 Å². The third kappa shape index (κ3) is 4.41. The highest BCUT2D eigenvalue weighted by Gasteiger charge is 2.36. The molecule has 1 amide bonds. The van der Waals surface area contributed by atoms with Crippen molar-refractivity contribution in [2.75, 3.05) is 19.8 Å². The number of amides is 1. The summed E-state index contributed by atoms with van der Waals surface area (Å²) in [5.41, 5.74) is 0. The molecule has 1 aliphatic heterocycles. The first-order valence-corrected chi connectivity index (χ1v) is 8.54. The smallest absolute Gasteiger partial charge is 0.328 e. The van der Waals surface area contributed by atoms with E-state index in [1.54, 1.807) is 12.1 Å². The predicted molar refractivity (Wildman–Crippen MR) is 90.2 cm³/mol. The molecule has 26 heavy (non-hydrogen) atoms. The molecular formula is C19H20FNO5. The predicted octanol–water partition coefficient (Wildman–Crippen LogP) is 3.04. The lowest BCUT2D eigenvalue weighted by Gasteiger charge is -2.22. The van der Waals surface area contributed by atoms with Gasteiger partial charge in [0.1, 0.15) is 17.6 Å². The summed E-state index contributed by atoms with van der Waals surface area (Å²) in [6.07, 6.45) is 3.26. The second-order valence-corrected chi connectivity index (χ2v) is 5.96. The van der Waals surface area contributed by atoms with Gasteiger partial charge in [-0.05, 0) is 49.2 Å². The summed E-state index contributed by atoms with van der Waals surface area (Å²) in [7, 11) is 0. The van der Waals surface area contributed by atoms with Gasteiger partial charge in [-0.2, -0.15) is 0 Å². The normalized spacial score (nSPS) is 16.5. The molecule has 0 unspecified atom stereocenters. The van der Waals surface area contributed by atoms with Gasteiger partial charge >= 0.3 is 5.97 Å². The van der Waals surface area contributed by atoms with Crippen LogP contribution in [0.2, 0.25) is 0 Å². The Morgan fingerprint density at radius 2 is 2.00 bits per heavy atom. The van der Waals surface area contributed by atoms with Crippen LogP contribution in [-0.4, -0.2) is 42.6 Å². The maximum Gasteiger partial charge on any atom is 0.328 e. The Labute approximate surface area is 150 Å². The summed E-state index contributed by atoms with van der Waals surface area (Å²) < 4.78 is 28.6. The van der Waals surface area contributed by atoms with E-state index in [1.807, 2.05) is 0 Å². The van der Waals surface area contributed by atoms with E-state index in [-0.39, 0.29) is 24.1 Å². The lowest BCUT2D eigenvalue weighted by molar-refractivity contribution is -0.148. The Bertz CT molecular complexity index is 729. The molecule has 1 saturated heterocycles. The van der Waals surface area contributed by atoms with Crippen molar-refractivity contribution in [2.24, 2.45) is 0 Å². The van der Waals surface area contributed by atoms with E-state index in [9.17, 15) is 14.0 Å². The second kappa shape index (κ2) is 8.51. The van der Waals surface area contributed by atoms with E-state index in [2.05, 4.69) is 0 Å². The van der Waals surface area contributed by atoms with Crippen molar-refractivity contribution in [2.45, 2.75) is 25.3 Å². The fourth-order valence-corrected chi connectivity index (χ4v) is 2.85. The molecule has 1 aromatic carbocycles. The quantitative estimate of drug-likeness (QED) is 0.560. The molecule has 0 spiro atoms. The first-order chi connectivity index (χ1) is 12.6. The molecule has 1 aromatic heterocycles. The molecule has 3 rings (SSSR count). The van der Waals surface area contributed by atoms with Crippen LogP contribution < -0.4 is 4.74 Å². The maximum atomic E-state index is 12.8. The Morgan fingerprint density at radius 1 is 1.19 bits per heavy atom. The summed E-state index contributed by atoms with van der Waals surface area (Å²) in [5.74, 6) is -0.254. The first kappa shape index (κ1) is 18.0. The number of nitrogens with zero attached hydrogens (tertiary/aromatic N) is 1. The molecule has 2 aromatic rings. The van der Waals surface area contributed by atoms with Gasteiger partial charge in [-0.1, -0.05) is 0 Å². The second-order valence-electron chi connectivity index (χ2n) is 5.96. The number of hydrogen-bond acceptors (Lipinski definition) is 5. The van der Waals surface area contributed by atoms with E-state index in [1.165, 1.54) is 35.4 Å². The zero-order chi connectivity index (χ0) is 18.4. The van der Waals surface area contributed by atoms with Crippen LogP contribution in [0, 0.1) is 5.82 Å². The molecule has 2 heterocycles. The highest BCUT2D eigenvalue weighted by molar-refractivity contribution is 5.94. The SMILES string of the molecule is O=C(OCCCOc1ccc(F)cc1)[C@@H]1CCCN1C(=O)c1ccco1. The van der Waals surface area contributed by atoms with Crippen molar-refractivity contribution in [1.82, 2.24) is 4.90 Å². The molecule has 138 valence electrons. The summed E-state index contributed by atoms with van der Waals surface area (Å²) >= 11 is 0. The van der Waals surface area contributed by atoms with E-state index >= 15 is 0 Å². The standard InChI is InChI=1S/C19H20FNO5/c20-14-6-8-15(9-7-14)24-12-3-13-26-19(23)16-4-1-10-21(16)18(22)17-5-2-11-25-17/h2,5-9,11,16H,1,3-4,10,12-13H2/t16-/m0/s1. The Balaban J connectivity index is 1.41. The van der Waals surface area contributed by atoms with Crippen LogP contribution in [0.3, 0.4) is 0 Å². The fraction of sp³-hybridized carbons (Fsp3) is 0.368. The molecule has 0 N–H and O–H groups in total. The monoisotopic (exact) mass is 361 g/mol. The van der Waals surface area contributed by atoms with Crippen molar-refractivity contribution < 1.29 is 27.9 Å². The Morgan fingerprint density at radius 3 is 2.73 bits per heavy atom. The van der Waals surface area contributed by atoms with Gasteiger partial charge in [0.25, 0.3) is 5.91 Å². The largest absolute Gasteiger partial charge is 0.493 e. The van der Waals surface area contributed by atoms with Gasteiger partial charge in [0.2, 0.25) is 0 Å². The van der Waals surface area contributed by atoms with E-state index in [0.717, 1.165) is 6.42 Å². The minimum atomic E-state index is -0.578. The van der Waals surface area contributed by atoms with Crippen LogP contribution in [0.25, 0.3) is 0 Å². The molecule has 0 radical (unpaired) electrons. The molecule has 0 saturated carbocycles. The molecule has 1 fully saturated rings. The number of rotatable bonds is 7. The van der Waals surface area contributed by atoms with Crippen LogP contribution in [-0.2, 0) is 9.53 Å². The number of hydrogen-bond donors (Lipinski definition) is 0. The number of benzene rings is 1. The minimum Gasteiger partial charge on any atom is -0.493 e. The van der Waals surface area contributed by atoms with Gasteiger partial charge in [-0.3, -0.25) is 4.79 Å². The van der Waals surface area contributed by atoms with Gasteiger partial charge in [0, 0.05) is 13.0 Å². The number of esters is 1. The lowest BCUT2D eigenvalue weighted by atomic mass is 10.2. The molecule has 1 atom stereocenters. The average molecular weight is 361 g/mol. The molecule has 6 nitrogen and oxygen atoms in total. The van der Waals surface area contributed by atoms with Gasteiger partial charge in [-0.15, -0.1) is 0 Å². The third-order valence-corrected chi connectivity index (χ3v) is 4.13. The molecule has 1 aliphatic rings. The number of furan rings is 1. The molecule has 7 heteroatoms. The first-order valence-electron chi connectivity index (χ1n) is 8.54. The van der Waals surface area contributed by atoms with Gasteiger partial charge in [0.15, 0.2) is 5.76 Å². The van der Waals surface area contributed by atoms with E-state index in [0.29, 0.717) is 31.7 Å². The number of ether oxygens (including phenoxy) is 2. The average Bonchev–Trinajstić information content (AvgIpc) is 3.34. The van der Waals surface area contributed by atoms with Crippen LogP contribution in [0.15, 0.2) is 47.1 Å². The third-order valence-electron chi connectivity index (χ3n) is 4.13. The van der Waals surface area contributed by atoms with Crippen molar-refractivity contribution in [3.05, 3.63) is 54.2 Å². The summed E-state index contributed by atoms with van der Waals surface area (Å²) in [4.78, 5) is 26.1. The summed E-state index contributed by atoms with van der Waals surface area (Å²) in [6.45, 7) is 1.05. The highest BCUT2D eigenvalue weighted by atomic mass is 19.1. The fourth-order valence-electron chi connectivity index (χ4n) is 2.85. The number of likely N-dealkylation sites (tertiary alicyclic amines) is 1. The number of halogens is 1. The molecule has 0 aliphatic carbocycles. The van der Waals surface area contributed by atoms with Crippen molar-refractivity contribution in [3.8, 4) is 5.75 Å².